The molecule has 0 aliphatic heterocycles. The fraction of sp³-hybridized carbons (Fsp3) is 0.105. The van der Waals surface area contributed by atoms with Crippen molar-refractivity contribution < 1.29 is 9.53 Å². The van der Waals surface area contributed by atoms with Crippen LogP contribution in [0.5, 0.6) is 11.5 Å². The number of hydrogen-bond acceptors (Lipinski definition) is 4. The summed E-state index contributed by atoms with van der Waals surface area (Å²) in [7, 11) is 0. The largest absolute Gasteiger partial charge is 0.457 e. The third-order valence-electron chi connectivity index (χ3n) is 3.36. The van der Waals surface area contributed by atoms with Crippen molar-refractivity contribution in [2.45, 2.75) is 13.8 Å². The quantitative estimate of drug-likeness (QED) is 0.721. The van der Waals surface area contributed by atoms with E-state index in [1.165, 1.54) is 11.8 Å². The van der Waals surface area contributed by atoms with Crippen LogP contribution in [0, 0.1) is 6.92 Å². The van der Waals surface area contributed by atoms with Crippen molar-refractivity contribution in [2.24, 2.45) is 0 Å². The first kappa shape index (κ1) is 15.7. The summed E-state index contributed by atoms with van der Waals surface area (Å²) in [6.45, 7) is 3.29. The molecular weight excluding hydrogens is 302 g/mol. The van der Waals surface area contributed by atoms with Crippen molar-refractivity contribution in [1.29, 1.82) is 0 Å². The summed E-state index contributed by atoms with van der Waals surface area (Å²) >= 11 is 0. The molecule has 1 aromatic heterocycles. The Labute approximate surface area is 140 Å². The van der Waals surface area contributed by atoms with Crippen LogP contribution in [0.15, 0.2) is 66.9 Å². The summed E-state index contributed by atoms with van der Waals surface area (Å²) in [5, 5.41) is 0. The van der Waals surface area contributed by atoms with Crippen LogP contribution in [0.4, 0.5) is 11.5 Å². The van der Waals surface area contributed by atoms with Crippen LogP contribution in [0.1, 0.15) is 12.7 Å². The van der Waals surface area contributed by atoms with Crippen LogP contribution < -0.4 is 9.64 Å². The third kappa shape index (κ3) is 3.57. The van der Waals surface area contributed by atoms with Gasteiger partial charge in [-0.2, -0.15) is 0 Å². The molecule has 1 amide bonds. The lowest BCUT2D eigenvalue weighted by atomic mass is 10.2. The van der Waals surface area contributed by atoms with E-state index in [1.54, 1.807) is 19.2 Å². The maximum absolute atomic E-state index is 12.2. The van der Waals surface area contributed by atoms with Crippen molar-refractivity contribution in [3.05, 3.63) is 72.7 Å². The number of ether oxygens (including phenoxy) is 1. The van der Waals surface area contributed by atoms with Gasteiger partial charge in [-0.25, -0.2) is 9.97 Å². The molecule has 0 fully saturated rings. The van der Waals surface area contributed by atoms with Crippen molar-refractivity contribution >= 4 is 17.4 Å². The lowest BCUT2D eigenvalue weighted by Crippen LogP contribution is -2.24. The number of aromatic nitrogens is 2. The van der Waals surface area contributed by atoms with E-state index in [4.69, 9.17) is 4.74 Å². The monoisotopic (exact) mass is 319 g/mol. The van der Waals surface area contributed by atoms with E-state index in [0.717, 1.165) is 5.75 Å². The SMILES string of the molecule is CC(=O)N(c1cccc(Oc2ccccc2)c1)c1ccnc(C)n1. The minimum atomic E-state index is -0.134. The van der Waals surface area contributed by atoms with Crippen LogP contribution >= 0.6 is 0 Å². The standard InChI is InChI=1S/C19H17N3O2/c1-14-20-12-11-19(21-14)22(15(2)23)16-7-6-10-18(13-16)24-17-8-4-3-5-9-17/h3-13H,1-2H3. The van der Waals surface area contributed by atoms with Gasteiger partial charge in [0, 0.05) is 19.2 Å². The number of carbonyl (C=O) groups excluding carboxylic acids is 1. The Balaban J connectivity index is 1.94. The number of nitrogens with zero attached hydrogens (tertiary/aromatic N) is 3. The van der Waals surface area contributed by atoms with Gasteiger partial charge in [0.05, 0.1) is 5.69 Å². The molecule has 3 aromatic rings. The Morgan fingerprint density at radius 2 is 1.75 bits per heavy atom. The maximum Gasteiger partial charge on any atom is 0.229 e. The Morgan fingerprint density at radius 1 is 1.00 bits per heavy atom. The predicted molar refractivity (Wildman–Crippen MR) is 92.5 cm³/mol. The molecule has 120 valence electrons. The second kappa shape index (κ2) is 6.91. The van der Waals surface area contributed by atoms with Gasteiger partial charge in [0.2, 0.25) is 5.91 Å². The Hall–Kier alpha value is -3.21. The number of anilines is 2. The highest BCUT2D eigenvalue weighted by atomic mass is 16.5. The fourth-order valence-electron chi connectivity index (χ4n) is 2.35. The first-order valence-electron chi connectivity index (χ1n) is 7.57. The third-order valence-corrected chi connectivity index (χ3v) is 3.36. The predicted octanol–water partition coefficient (Wildman–Crippen LogP) is 4.26. The minimum absolute atomic E-state index is 0.134. The van der Waals surface area contributed by atoms with E-state index in [-0.39, 0.29) is 5.91 Å². The minimum Gasteiger partial charge on any atom is -0.457 e. The normalized spacial score (nSPS) is 10.2. The van der Waals surface area contributed by atoms with Crippen LogP contribution in [-0.2, 0) is 4.79 Å². The molecule has 0 radical (unpaired) electrons. The molecule has 1 heterocycles. The molecule has 0 unspecified atom stereocenters. The van der Waals surface area contributed by atoms with E-state index in [1.807, 2.05) is 54.6 Å². The molecule has 0 saturated heterocycles. The highest BCUT2D eigenvalue weighted by Gasteiger charge is 2.16. The van der Waals surface area contributed by atoms with Crippen LogP contribution in [-0.4, -0.2) is 15.9 Å². The highest BCUT2D eigenvalue weighted by Crippen LogP contribution is 2.29. The van der Waals surface area contributed by atoms with Crippen molar-refractivity contribution in [3.63, 3.8) is 0 Å². The van der Waals surface area contributed by atoms with E-state index in [9.17, 15) is 4.79 Å². The molecule has 0 saturated carbocycles. The summed E-state index contributed by atoms with van der Waals surface area (Å²) in [5.74, 6) is 2.39. The average molecular weight is 319 g/mol. The van der Waals surface area contributed by atoms with Crippen molar-refractivity contribution in [3.8, 4) is 11.5 Å². The van der Waals surface area contributed by atoms with Crippen LogP contribution in [0.25, 0.3) is 0 Å². The molecule has 0 N–H and O–H groups in total. The molecule has 0 bridgehead atoms. The molecule has 5 heteroatoms. The number of aryl methyl sites for hydroxylation is 1. The van der Waals surface area contributed by atoms with Gasteiger partial charge in [-0.05, 0) is 37.3 Å². The summed E-state index contributed by atoms with van der Waals surface area (Å²) in [4.78, 5) is 22.1. The Morgan fingerprint density at radius 3 is 2.46 bits per heavy atom. The maximum atomic E-state index is 12.2. The van der Waals surface area contributed by atoms with Gasteiger partial charge in [0.1, 0.15) is 23.1 Å². The molecule has 3 rings (SSSR count). The zero-order valence-corrected chi connectivity index (χ0v) is 13.5. The zero-order chi connectivity index (χ0) is 16.9. The van der Waals surface area contributed by atoms with Crippen LogP contribution in [0.3, 0.4) is 0 Å². The first-order valence-corrected chi connectivity index (χ1v) is 7.57. The number of para-hydroxylation sites is 1. The lowest BCUT2D eigenvalue weighted by Gasteiger charge is -2.21. The van der Waals surface area contributed by atoms with Gasteiger partial charge in [-0.15, -0.1) is 0 Å². The Bertz CT molecular complexity index is 850. The van der Waals surface area contributed by atoms with Gasteiger partial charge in [0.25, 0.3) is 0 Å². The zero-order valence-electron chi connectivity index (χ0n) is 13.5. The lowest BCUT2D eigenvalue weighted by molar-refractivity contribution is -0.115. The van der Waals surface area contributed by atoms with Gasteiger partial charge in [-0.3, -0.25) is 9.69 Å². The molecule has 24 heavy (non-hydrogen) atoms. The molecule has 0 aliphatic carbocycles. The van der Waals surface area contributed by atoms with Crippen molar-refractivity contribution in [1.82, 2.24) is 9.97 Å². The topological polar surface area (TPSA) is 55.3 Å². The molecule has 0 aliphatic rings. The smallest absolute Gasteiger partial charge is 0.229 e. The number of benzene rings is 2. The van der Waals surface area contributed by atoms with Crippen molar-refractivity contribution in [2.75, 3.05) is 4.90 Å². The molecular formula is C19H17N3O2. The van der Waals surface area contributed by atoms with Gasteiger partial charge < -0.3 is 4.74 Å². The van der Waals surface area contributed by atoms with E-state index in [2.05, 4.69) is 9.97 Å². The molecule has 0 atom stereocenters. The van der Waals surface area contributed by atoms with E-state index < -0.39 is 0 Å². The summed E-state index contributed by atoms with van der Waals surface area (Å²) in [6.07, 6.45) is 1.64. The molecule has 2 aromatic carbocycles. The number of hydrogen-bond donors (Lipinski definition) is 0. The number of rotatable bonds is 4. The highest BCUT2D eigenvalue weighted by molar-refractivity contribution is 5.98. The first-order chi connectivity index (χ1) is 11.6. The summed E-state index contributed by atoms with van der Waals surface area (Å²) in [6, 6.07) is 18.6. The van der Waals surface area contributed by atoms with Gasteiger partial charge in [0.15, 0.2) is 0 Å². The fourth-order valence-corrected chi connectivity index (χ4v) is 2.35. The second-order valence-corrected chi connectivity index (χ2v) is 5.23. The molecule has 5 nitrogen and oxygen atoms in total. The van der Waals surface area contributed by atoms with Gasteiger partial charge >= 0.3 is 0 Å². The summed E-state index contributed by atoms with van der Waals surface area (Å²) < 4.78 is 5.84. The Kier molecular flexibility index (Phi) is 4.52. The van der Waals surface area contributed by atoms with Gasteiger partial charge in [-0.1, -0.05) is 24.3 Å². The van der Waals surface area contributed by atoms with E-state index in [0.29, 0.717) is 23.1 Å². The van der Waals surface area contributed by atoms with Crippen LogP contribution in [0.2, 0.25) is 0 Å². The average Bonchev–Trinajstić information content (AvgIpc) is 2.56. The number of carbonyl (C=O) groups is 1. The number of amides is 1. The summed E-state index contributed by atoms with van der Waals surface area (Å²) in [5.41, 5.74) is 0.689. The molecule has 0 spiro atoms. The second-order valence-electron chi connectivity index (χ2n) is 5.23. The van der Waals surface area contributed by atoms with E-state index >= 15 is 0 Å².